The minimum Gasteiger partial charge on any atom is -0.349 e. The number of nitrogens with one attached hydrogen (secondary N) is 2. The van der Waals surface area contributed by atoms with Crippen molar-refractivity contribution in [3.8, 4) is 0 Å². The van der Waals surface area contributed by atoms with Gasteiger partial charge in [-0.25, -0.2) is 0 Å². The van der Waals surface area contributed by atoms with Crippen LogP contribution in [0, 0.1) is 0 Å². The third-order valence-electron chi connectivity index (χ3n) is 4.56. The maximum atomic E-state index is 12.4. The summed E-state index contributed by atoms with van der Waals surface area (Å²) >= 11 is 0. The van der Waals surface area contributed by atoms with Crippen LogP contribution in [0.15, 0.2) is 24.3 Å². The SMILES string of the molecule is O=C(CN1CCN(CC(F)(F)F)CC1)Nc1cccc(C(=O)NC2CC2)c1. The molecule has 0 radical (unpaired) electrons. The van der Waals surface area contributed by atoms with Crippen molar-refractivity contribution in [2.24, 2.45) is 0 Å². The van der Waals surface area contributed by atoms with Gasteiger partial charge in [-0.05, 0) is 31.0 Å². The number of hydrogen-bond donors (Lipinski definition) is 2. The average Bonchev–Trinajstić information content (AvgIpc) is 3.39. The predicted octanol–water partition coefficient (Wildman–Crippen LogP) is 1.70. The molecule has 1 aromatic carbocycles. The van der Waals surface area contributed by atoms with Crippen molar-refractivity contribution in [1.29, 1.82) is 0 Å². The molecule has 9 heteroatoms. The Hall–Kier alpha value is -2.13. The van der Waals surface area contributed by atoms with Crippen molar-refractivity contribution < 1.29 is 22.8 Å². The average molecular weight is 384 g/mol. The first-order chi connectivity index (χ1) is 12.8. The third-order valence-corrected chi connectivity index (χ3v) is 4.56. The van der Waals surface area contributed by atoms with Crippen LogP contribution in [0.1, 0.15) is 23.2 Å². The van der Waals surface area contributed by atoms with Crippen LogP contribution in [0.5, 0.6) is 0 Å². The van der Waals surface area contributed by atoms with Crippen LogP contribution in [0.25, 0.3) is 0 Å². The summed E-state index contributed by atoms with van der Waals surface area (Å²) in [5.41, 5.74) is 1.01. The Morgan fingerprint density at radius 3 is 2.37 bits per heavy atom. The first-order valence-electron chi connectivity index (χ1n) is 9.01. The van der Waals surface area contributed by atoms with Crippen molar-refractivity contribution in [3.63, 3.8) is 0 Å². The van der Waals surface area contributed by atoms with Crippen molar-refractivity contribution >= 4 is 17.5 Å². The van der Waals surface area contributed by atoms with Gasteiger partial charge in [-0.1, -0.05) is 6.07 Å². The number of carbonyl (C=O) groups excluding carboxylic acids is 2. The second kappa shape index (κ2) is 8.26. The highest BCUT2D eigenvalue weighted by Crippen LogP contribution is 2.20. The molecule has 1 aromatic rings. The quantitative estimate of drug-likeness (QED) is 0.784. The highest BCUT2D eigenvalue weighted by atomic mass is 19.4. The van der Waals surface area contributed by atoms with Crippen LogP contribution >= 0.6 is 0 Å². The Kier molecular flexibility index (Phi) is 6.01. The maximum absolute atomic E-state index is 12.4. The molecule has 148 valence electrons. The molecule has 2 aliphatic rings. The molecule has 27 heavy (non-hydrogen) atoms. The fraction of sp³-hybridized carbons (Fsp3) is 0.556. The molecule has 2 N–H and O–H groups in total. The molecule has 1 aliphatic heterocycles. The van der Waals surface area contributed by atoms with Crippen molar-refractivity contribution in [2.75, 3.05) is 44.6 Å². The third kappa shape index (κ3) is 6.51. The monoisotopic (exact) mass is 384 g/mol. The fourth-order valence-electron chi connectivity index (χ4n) is 3.00. The highest BCUT2D eigenvalue weighted by Gasteiger charge is 2.32. The van der Waals surface area contributed by atoms with Gasteiger partial charge in [-0.15, -0.1) is 0 Å². The molecule has 0 spiro atoms. The summed E-state index contributed by atoms with van der Waals surface area (Å²) in [7, 11) is 0. The van der Waals surface area contributed by atoms with E-state index in [4.69, 9.17) is 0 Å². The van der Waals surface area contributed by atoms with E-state index in [2.05, 4.69) is 10.6 Å². The van der Waals surface area contributed by atoms with E-state index in [0.717, 1.165) is 12.8 Å². The van der Waals surface area contributed by atoms with Crippen molar-refractivity contribution in [3.05, 3.63) is 29.8 Å². The Morgan fingerprint density at radius 1 is 1.07 bits per heavy atom. The van der Waals surface area contributed by atoms with Gasteiger partial charge in [0.1, 0.15) is 0 Å². The lowest BCUT2D eigenvalue weighted by atomic mass is 10.2. The Balaban J connectivity index is 1.45. The molecule has 0 aromatic heterocycles. The molecule has 1 saturated carbocycles. The number of hydrogen-bond acceptors (Lipinski definition) is 4. The summed E-state index contributed by atoms with van der Waals surface area (Å²) < 4.78 is 37.2. The Morgan fingerprint density at radius 2 is 1.74 bits per heavy atom. The van der Waals surface area contributed by atoms with Crippen LogP contribution in [-0.4, -0.2) is 73.1 Å². The van der Waals surface area contributed by atoms with Crippen LogP contribution in [0.4, 0.5) is 18.9 Å². The van der Waals surface area contributed by atoms with Gasteiger partial charge in [0, 0.05) is 43.5 Å². The number of carbonyl (C=O) groups is 2. The number of halogens is 3. The minimum atomic E-state index is -4.20. The summed E-state index contributed by atoms with van der Waals surface area (Å²) in [6, 6.07) is 6.97. The molecule has 1 aliphatic carbocycles. The second-order valence-electron chi connectivity index (χ2n) is 7.04. The number of rotatable bonds is 6. The van der Waals surface area contributed by atoms with Crippen molar-refractivity contribution in [1.82, 2.24) is 15.1 Å². The number of piperazine rings is 1. The van der Waals surface area contributed by atoms with E-state index in [-0.39, 0.29) is 37.5 Å². The molecule has 2 fully saturated rings. The number of benzene rings is 1. The summed E-state index contributed by atoms with van der Waals surface area (Å²) in [5, 5.41) is 5.64. The second-order valence-corrected chi connectivity index (χ2v) is 7.04. The van der Waals surface area contributed by atoms with E-state index in [1.807, 2.05) is 4.90 Å². The van der Waals surface area contributed by atoms with E-state index in [1.54, 1.807) is 24.3 Å². The molecule has 0 bridgehead atoms. The van der Waals surface area contributed by atoms with Crippen LogP contribution < -0.4 is 10.6 Å². The molecule has 1 saturated heterocycles. The van der Waals surface area contributed by atoms with Gasteiger partial charge in [-0.2, -0.15) is 13.2 Å². The molecule has 0 unspecified atom stereocenters. The first kappa shape index (κ1) is 19.6. The molecule has 3 rings (SSSR count). The lowest BCUT2D eigenvalue weighted by Crippen LogP contribution is -2.50. The van der Waals surface area contributed by atoms with Gasteiger partial charge in [0.2, 0.25) is 5.91 Å². The smallest absolute Gasteiger partial charge is 0.349 e. The fourth-order valence-corrected chi connectivity index (χ4v) is 3.00. The normalized spacial score (nSPS) is 18.9. The van der Waals surface area contributed by atoms with Gasteiger partial charge in [-0.3, -0.25) is 19.4 Å². The summed E-state index contributed by atoms with van der Waals surface area (Å²) in [6.45, 7) is 0.578. The largest absolute Gasteiger partial charge is 0.401 e. The van der Waals surface area contributed by atoms with E-state index < -0.39 is 12.7 Å². The molecule has 0 atom stereocenters. The molecular weight excluding hydrogens is 361 g/mol. The molecule has 6 nitrogen and oxygen atoms in total. The van der Waals surface area contributed by atoms with Gasteiger partial charge in [0.15, 0.2) is 0 Å². The Bertz CT molecular complexity index is 683. The van der Waals surface area contributed by atoms with E-state index >= 15 is 0 Å². The molecule has 1 heterocycles. The summed E-state index contributed by atoms with van der Waals surface area (Å²) in [4.78, 5) is 27.4. The van der Waals surface area contributed by atoms with Crippen molar-refractivity contribution in [2.45, 2.75) is 25.1 Å². The van der Waals surface area contributed by atoms with Crippen LogP contribution in [0.2, 0.25) is 0 Å². The number of nitrogens with zero attached hydrogens (tertiary/aromatic N) is 2. The lowest BCUT2D eigenvalue weighted by Gasteiger charge is -2.34. The summed E-state index contributed by atoms with van der Waals surface area (Å²) in [5.74, 6) is -0.409. The number of alkyl halides is 3. The van der Waals surface area contributed by atoms with E-state index in [1.165, 1.54) is 4.90 Å². The van der Waals surface area contributed by atoms with Crippen LogP contribution in [0.3, 0.4) is 0 Å². The highest BCUT2D eigenvalue weighted by molar-refractivity contribution is 5.97. The zero-order valence-electron chi connectivity index (χ0n) is 14.9. The lowest BCUT2D eigenvalue weighted by molar-refractivity contribution is -0.149. The number of anilines is 1. The minimum absolute atomic E-state index is 0.109. The zero-order chi connectivity index (χ0) is 19.4. The molecule has 2 amide bonds. The standard InChI is InChI=1S/C18H23F3N4O2/c19-18(20,21)12-25-8-6-24(7-9-25)11-16(26)22-15-3-1-2-13(10-15)17(27)23-14-4-5-14/h1-3,10,14H,4-9,11-12H2,(H,22,26)(H,23,27). The first-order valence-corrected chi connectivity index (χ1v) is 9.01. The Labute approximate surface area is 155 Å². The summed E-state index contributed by atoms with van der Waals surface area (Å²) in [6.07, 6.45) is -2.20. The maximum Gasteiger partial charge on any atom is 0.401 e. The van der Waals surface area contributed by atoms with Crippen LogP contribution in [-0.2, 0) is 4.79 Å². The number of amides is 2. The van der Waals surface area contributed by atoms with Gasteiger partial charge < -0.3 is 10.6 Å². The predicted molar refractivity (Wildman–Crippen MR) is 94.5 cm³/mol. The van der Waals surface area contributed by atoms with Gasteiger partial charge in [0.05, 0.1) is 13.1 Å². The van der Waals surface area contributed by atoms with E-state index in [9.17, 15) is 22.8 Å². The zero-order valence-corrected chi connectivity index (χ0v) is 14.9. The van der Waals surface area contributed by atoms with Gasteiger partial charge >= 0.3 is 6.18 Å². The topological polar surface area (TPSA) is 64.7 Å². The molecular formula is C18H23F3N4O2. The van der Waals surface area contributed by atoms with Gasteiger partial charge in [0.25, 0.3) is 5.91 Å². The van der Waals surface area contributed by atoms with E-state index in [0.29, 0.717) is 24.3 Å².